The molecule has 160 valence electrons. The molecule has 1 aliphatic rings. The monoisotopic (exact) mass is 483 g/mol. The van der Waals surface area contributed by atoms with E-state index in [9.17, 15) is 8.42 Å². The van der Waals surface area contributed by atoms with Crippen LogP contribution in [0.25, 0.3) is 10.7 Å². The van der Waals surface area contributed by atoms with Gasteiger partial charge in [0.1, 0.15) is 4.90 Å². The largest absolute Gasteiger partial charge is 0.300 e. The first kappa shape index (κ1) is 21.7. The van der Waals surface area contributed by atoms with Gasteiger partial charge < -0.3 is 0 Å². The molecule has 7 nitrogen and oxygen atoms in total. The number of rotatable bonds is 6. The highest BCUT2D eigenvalue weighted by Gasteiger charge is 2.30. The molecule has 0 atom stereocenters. The van der Waals surface area contributed by atoms with Gasteiger partial charge in [0.25, 0.3) is 0 Å². The molecule has 0 radical (unpaired) electrons. The van der Waals surface area contributed by atoms with E-state index < -0.39 is 10.0 Å². The Morgan fingerprint density at radius 3 is 2.50 bits per heavy atom. The van der Waals surface area contributed by atoms with Gasteiger partial charge in [0.15, 0.2) is 10.6 Å². The second-order valence-electron chi connectivity index (χ2n) is 6.92. The number of hydrogen-bond acceptors (Lipinski definition) is 6. The highest BCUT2D eigenvalue weighted by molar-refractivity contribution is 7.89. The Balaban J connectivity index is 1.47. The standard InChI is InChI=1S/C19H22ClN5O2S3/c1-2-24-18(16-7-5-13-29-16)21-25(19(24)28)14-22-9-11-23(12-10-22)30(26,27)17-8-4-3-6-15(17)20/h3-8,13H,2,9-12,14H2,1H3. The third-order valence-corrected chi connectivity index (χ3v) is 8.80. The van der Waals surface area contributed by atoms with E-state index in [1.54, 1.807) is 35.6 Å². The van der Waals surface area contributed by atoms with E-state index in [-0.39, 0.29) is 9.92 Å². The minimum Gasteiger partial charge on any atom is -0.300 e. The van der Waals surface area contributed by atoms with Crippen molar-refractivity contribution in [2.24, 2.45) is 0 Å². The molecule has 1 aromatic carbocycles. The van der Waals surface area contributed by atoms with Crippen LogP contribution in [0.2, 0.25) is 5.02 Å². The van der Waals surface area contributed by atoms with E-state index in [0.717, 1.165) is 17.2 Å². The molecule has 2 aromatic heterocycles. The average molecular weight is 484 g/mol. The number of piperazine rings is 1. The van der Waals surface area contributed by atoms with Crippen LogP contribution in [0.5, 0.6) is 0 Å². The number of thiophene rings is 1. The molecule has 0 spiro atoms. The average Bonchev–Trinajstić information content (AvgIpc) is 3.37. The van der Waals surface area contributed by atoms with Crippen LogP contribution in [0.3, 0.4) is 0 Å². The van der Waals surface area contributed by atoms with Crippen LogP contribution in [0.15, 0.2) is 46.7 Å². The molecule has 11 heteroatoms. The summed E-state index contributed by atoms with van der Waals surface area (Å²) in [5.74, 6) is 0.873. The van der Waals surface area contributed by atoms with Crippen molar-refractivity contribution in [2.75, 3.05) is 26.2 Å². The van der Waals surface area contributed by atoms with Gasteiger partial charge in [-0.3, -0.25) is 9.47 Å². The summed E-state index contributed by atoms with van der Waals surface area (Å²) in [6.45, 7) is 5.31. The molecule has 1 aliphatic heterocycles. The van der Waals surface area contributed by atoms with E-state index in [1.165, 1.54) is 4.31 Å². The van der Waals surface area contributed by atoms with Gasteiger partial charge in [-0.2, -0.15) is 4.31 Å². The summed E-state index contributed by atoms with van der Waals surface area (Å²) in [7, 11) is -3.60. The molecule has 30 heavy (non-hydrogen) atoms. The maximum Gasteiger partial charge on any atom is 0.244 e. The Kier molecular flexibility index (Phi) is 6.42. The van der Waals surface area contributed by atoms with E-state index in [1.807, 2.05) is 26.8 Å². The number of halogens is 1. The summed E-state index contributed by atoms with van der Waals surface area (Å²) in [4.78, 5) is 3.40. The van der Waals surface area contributed by atoms with Crippen LogP contribution in [0.4, 0.5) is 0 Å². The fourth-order valence-electron chi connectivity index (χ4n) is 3.50. The number of sulfonamides is 1. The van der Waals surface area contributed by atoms with Gasteiger partial charge in [0, 0.05) is 32.7 Å². The SMILES string of the molecule is CCn1c(-c2cccs2)nn(CN2CCN(S(=O)(=O)c3ccccc3Cl)CC2)c1=S. The molecule has 0 N–H and O–H groups in total. The number of nitrogens with zero attached hydrogens (tertiary/aromatic N) is 5. The lowest BCUT2D eigenvalue weighted by Gasteiger charge is -2.33. The van der Waals surface area contributed by atoms with Crippen molar-refractivity contribution in [2.45, 2.75) is 25.0 Å². The Morgan fingerprint density at radius 1 is 1.13 bits per heavy atom. The minimum atomic E-state index is -3.60. The third-order valence-electron chi connectivity index (χ3n) is 5.10. The number of aromatic nitrogens is 3. The quantitative estimate of drug-likeness (QED) is 0.499. The summed E-state index contributed by atoms with van der Waals surface area (Å²) in [6, 6.07) is 10.6. The van der Waals surface area contributed by atoms with Crippen LogP contribution in [-0.2, 0) is 23.2 Å². The van der Waals surface area contributed by atoms with E-state index in [4.69, 9.17) is 28.9 Å². The predicted octanol–water partition coefficient (Wildman–Crippen LogP) is 3.78. The molecule has 0 aliphatic carbocycles. The topological polar surface area (TPSA) is 63.4 Å². The Bertz CT molecular complexity index is 1180. The number of hydrogen-bond donors (Lipinski definition) is 0. The zero-order valence-corrected chi connectivity index (χ0v) is 19.6. The fourth-order valence-corrected chi connectivity index (χ4v) is 6.45. The van der Waals surface area contributed by atoms with E-state index in [0.29, 0.717) is 37.6 Å². The lowest BCUT2D eigenvalue weighted by molar-refractivity contribution is 0.144. The smallest absolute Gasteiger partial charge is 0.244 e. The van der Waals surface area contributed by atoms with Crippen LogP contribution < -0.4 is 0 Å². The Hall–Kier alpha value is -1.56. The van der Waals surface area contributed by atoms with Crippen molar-refractivity contribution >= 4 is 45.2 Å². The molecular formula is C19H22ClN5O2S3. The molecule has 0 saturated carbocycles. The van der Waals surface area contributed by atoms with Gasteiger partial charge >= 0.3 is 0 Å². The van der Waals surface area contributed by atoms with E-state index in [2.05, 4.69) is 11.8 Å². The predicted molar refractivity (Wildman–Crippen MR) is 122 cm³/mol. The van der Waals surface area contributed by atoms with Gasteiger partial charge in [-0.25, -0.2) is 13.1 Å². The lowest BCUT2D eigenvalue weighted by Crippen LogP contribution is -2.49. The second-order valence-corrected chi connectivity index (χ2v) is 10.5. The van der Waals surface area contributed by atoms with Gasteiger partial charge in [-0.1, -0.05) is 29.8 Å². The van der Waals surface area contributed by atoms with Gasteiger partial charge in [-0.15, -0.1) is 16.4 Å². The number of benzene rings is 1. The fraction of sp³-hybridized carbons (Fsp3) is 0.368. The van der Waals surface area contributed by atoms with Crippen LogP contribution in [0, 0.1) is 4.77 Å². The molecule has 3 aromatic rings. The molecular weight excluding hydrogens is 462 g/mol. The summed E-state index contributed by atoms with van der Waals surface area (Å²) in [6.07, 6.45) is 0. The normalized spacial score (nSPS) is 16.2. The van der Waals surface area contributed by atoms with Gasteiger partial charge in [0.2, 0.25) is 10.0 Å². The second kappa shape index (κ2) is 8.89. The zero-order valence-electron chi connectivity index (χ0n) is 16.4. The van der Waals surface area contributed by atoms with Crippen LogP contribution in [-0.4, -0.2) is 58.1 Å². The Labute approximate surface area is 190 Å². The van der Waals surface area contributed by atoms with Crippen molar-refractivity contribution in [3.63, 3.8) is 0 Å². The molecule has 0 amide bonds. The molecule has 0 unspecified atom stereocenters. The van der Waals surface area contributed by atoms with E-state index >= 15 is 0 Å². The highest BCUT2D eigenvalue weighted by atomic mass is 35.5. The highest BCUT2D eigenvalue weighted by Crippen LogP contribution is 2.26. The third kappa shape index (κ3) is 4.12. The van der Waals surface area contributed by atoms with Gasteiger partial charge in [-0.05, 0) is 42.7 Å². The first-order valence-electron chi connectivity index (χ1n) is 9.60. The minimum absolute atomic E-state index is 0.157. The molecule has 1 saturated heterocycles. The molecule has 1 fully saturated rings. The molecule has 4 rings (SSSR count). The van der Waals surface area contributed by atoms with Crippen molar-refractivity contribution in [1.29, 1.82) is 0 Å². The summed E-state index contributed by atoms with van der Waals surface area (Å²) >= 11 is 13.4. The van der Waals surface area contributed by atoms with Gasteiger partial charge in [0.05, 0.1) is 16.6 Å². The maximum atomic E-state index is 12.9. The first-order valence-corrected chi connectivity index (χ1v) is 12.7. The Morgan fingerprint density at radius 2 is 1.87 bits per heavy atom. The van der Waals surface area contributed by atoms with Crippen molar-refractivity contribution < 1.29 is 8.42 Å². The maximum absolute atomic E-state index is 12.9. The first-order chi connectivity index (χ1) is 14.4. The zero-order chi connectivity index (χ0) is 21.3. The summed E-state index contributed by atoms with van der Waals surface area (Å²) in [5.41, 5.74) is 0. The van der Waals surface area contributed by atoms with Crippen molar-refractivity contribution in [3.8, 4) is 10.7 Å². The molecule has 3 heterocycles. The summed E-state index contributed by atoms with van der Waals surface area (Å²) < 4.78 is 31.9. The summed E-state index contributed by atoms with van der Waals surface area (Å²) in [5, 5.41) is 7.01. The van der Waals surface area contributed by atoms with Crippen molar-refractivity contribution in [1.82, 2.24) is 23.6 Å². The van der Waals surface area contributed by atoms with Crippen LogP contribution in [0.1, 0.15) is 6.92 Å². The van der Waals surface area contributed by atoms with Crippen LogP contribution >= 0.6 is 35.2 Å². The van der Waals surface area contributed by atoms with Crippen molar-refractivity contribution in [3.05, 3.63) is 51.6 Å². The lowest BCUT2D eigenvalue weighted by atomic mass is 10.4. The molecule has 0 bridgehead atoms.